The van der Waals surface area contributed by atoms with E-state index in [1.54, 1.807) is 0 Å². The first-order valence-corrected chi connectivity index (χ1v) is 11.4. The van der Waals surface area contributed by atoms with Gasteiger partial charge in [0, 0.05) is 43.8 Å². The minimum atomic E-state index is -0.0282. The number of piperazine rings is 1. The van der Waals surface area contributed by atoms with E-state index in [0.29, 0.717) is 40.8 Å². The van der Waals surface area contributed by atoms with Gasteiger partial charge < -0.3 is 24.4 Å². The van der Waals surface area contributed by atoms with Gasteiger partial charge in [0.1, 0.15) is 5.52 Å². The fourth-order valence-corrected chi connectivity index (χ4v) is 5.66. The van der Waals surface area contributed by atoms with E-state index in [1.807, 2.05) is 18.2 Å². The van der Waals surface area contributed by atoms with E-state index in [9.17, 15) is 4.79 Å². The van der Waals surface area contributed by atoms with E-state index in [4.69, 9.17) is 9.40 Å². The maximum Gasteiger partial charge on any atom is 0.298 e. The van der Waals surface area contributed by atoms with Crippen molar-refractivity contribution in [2.45, 2.75) is 63.2 Å². The SMILES string of the molecule is C[C@H]1CN(C)CCN1c1nc2c(C(=O)NC3CC4CCCC(C3)N4C)cccc2o1.Cl. The highest BCUT2D eigenvalue weighted by Crippen LogP contribution is 2.33. The molecule has 3 saturated heterocycles. The number of anilines is 1. The topological polar surface area (TPSA) is 64.8 Å². The number of carbonyl (C=O) groups is 1. The minimum Gasteiger partial charge on any atom is -0.423 e. The lowest BCUT2D eigenvalue weighted by Gasteiger charge is -2.47. The van der Waals surface area contributed by atoms with Gasteiger partial charge in [-0.25, -0.2) is 0 Å². The Morgan fingerprint density at radius 1 is 1.16 bits per heavy atom. The van der Waals surface area contributed by atoms with Gasteiger partial charge in [-0.2, -0.15) is 4.98 Å². The zero-order valence-electron chi connectivity index (χ0n) is 18.7. The lowest BCUT2D eigenvalue weighted by Crippen LogP contribution is -2.55. The van der Waals surface area contributed by atoms with Crippen LogP contribution in [0, 0.1) is 0 Å². The molecule has 1 aromatic heterocycles. The quantitative estimate of drug-likeness (QED) is 0.779. The summed E-state index contributed by atoms with van der Waals surface area (Å²) >= 11 is 0. The fraction of sp³-hybridized carbons (Fsp3) is 0.652. The van der Waals surface area contributed by atoms with Gasteiger partial charge >= 0.3 is 0 Å². The Morgan fingerprint density at radius 2 is 1.90 bits per heavy atom. The molecule has 2 bridgehead atoms. The van der Waals surface area contributed by atoms with E-state index < -0.39 is 0 Å². The number of oxazole rings is 1. The van der Waals surface area contributed by atoms with Crippen molar-refractivity contribution in [2.24, 2.45) is 0 Å². The lowest BCUT2D eigenvalue weighted by molar-refractivity contribution is 0.0463. The normalized spacial score (nSPS) is 29.6. The number of rotatable bonds is 3. The number of para-hydroxylation sites is 1. The van der Waals surface area contributed by atoms with Crippen molar-refractivity contribution in [2.75, 3.05) is 38.6 Å². The molecule has 0 radical (unpaired) electrons. The van der Waals surface area contributed by atoms with Crippen LogP contribution in [0.5, 0.6) is 0 Å². The van der Waals surface area contributed by atoms with Gasteiger partial charge in [-0.3, -0.25) is 4.79 Å². The second-order valence-corrected chi connectivity index (χ2v) is 9.50. The molecule has 3 aliphatic heterocycles. The fourth-order valence-electron chi connectivity index (χ4n) is 5.66. The number of piperidine rings is 2. The zero-order valence-corrected chi connectivity index (χ0v) is 19.5. The third-order valence-corrected chi connectivity index (χ3v) is 7.40. The average molecular weight is 448 g/mol. The minimum absolute atomic E-state index is 0. The molecule has 2 unspecified atom stereocenters. The van der Waals surface area contributed by atoms with Crippen LogP contribution in [0.25, 0.3) is 11.1 Å². The molecule has 1 aromatic carbocycles. The molecule has 2 aromatic rings. The molecule has 0 spiro atoms. The number of likely N-dealkylation sites (N-methyl/N-ethyl adjacent to an activating group) is 1. The highest BCUT2D eigenvalue weighted by Gasteiger charge is 2.36. The molecule has 7 nitrogen and oxygen atoms in total. The van der Waals surface area contributed by atoms with E-state index in [0.717, 1.165) is 32.5 Å². The molecule has 3 aliphatic rings. The summed E-state index contributed by atoms with van der Waals surface area (Å²) < 4.78 is 6.08. The summed E-state index contributed by atoms with van der Waals surface area (Å²) in [4.78, 5) is 25.0. The molecule has 5 rings (SSSR count). The number of fused-ring (bicyclic) bond motifs is 3. The summed E-state index contributed by atoms with van der Waals surface area (Å²) in [6.07, 6.45) is 5.87. The number of amides is 1. The number of benzene rings is 1. The first-order valence-electron chi connectivity index (χ1n) is 11.4. The second kappa shape index (κ2) is 8.96. The van der Waals surface area contributed by atoms with Gasteiger partial charge in [0.15, 0.2) is 5.58 Å². The van der Waals surface area contributed by atoms with Crippen LogP contribution in [0.4, 0.5) is 6.01 Å². The monoisotopic (exact) mass is 447 g/mol. The van der Waals surface area contributed by atoms with Gasteiger partial charge in [0.05, 0.1) is 5.56 Å². The maximum absolute atomic E-state index is 13.2. The van der Waals surface area contributed by atoms with E-state index in [1.165, 1.54) is 19.3 Å². The number of nitrogens with zero attached hydrogens (tertiary/aromatic N) is 4. The van der Waals surface area contributed by atoms with Gasteiger partial charge in [-0.15, -0.1) is 12.4 Å². The Hall–Kier alpha value is -1.83. The summed E-state index contributed by atoms with van der Waals surface area (Å²) in [5.41, 5.74) is 1.97. The number of aromatic nitrogens is 1. The highest BCUT2D eigenvalue weighted by molar-refractivity contribution is 6.04. The molecule has 3 atom stereocenters. The summed E-state index contributed by atoms with van der Waals surface area (Å²) in [5, 5.41) is 3.31. The predicted molar refractivity (Wildman–Crippen MR) is 125 cm³/mol. The molecule has 0 saturated carbocycles. The highest BCUT2D eigenvalue weighted by atomic mass is 35.5. The number of nitrogens with one attached hydrogen (secondary N) is 1. The van der Waals surface area contributed by atoms with Gasteiger partial charge in [0.25, 0.3) is 11.9 Å². The first kappa shape index (κ1) is 22.4. The van der Waals surface area contributed by atoms with Crippen molar-refractivity contribution in [1.29, 1.82) is 0 Å². The molecular weight excluding hydrogens is 414 g/mol. The smallest absolute Gasteiger partial charge is 0.298 e. The van der Waals surface area contributed by atoms with Gasteiger partial charge in [-0.05, 0) is 58.8 Å². The number of halogens is 1. The van der Waals surface area contributed by atoms with Crippen LogP contribution in [0.3, 0.4) is 0 Å². The average Bonchev–Trinajstić information content (AvgIpc) is 3.12. The van der Waals surface area contributed by atoms with E-state index in [-0.39, 0.29) is 24.4 Å². The number of hydrogen-bond donors (Lipinski definition) is 1. The first-order chi connectivity index (χ1) is 14.5. The largest absolute Gasteiger partial charge is 0.423 e. The maximum atomic E-state index is 13.2. The Kier molecular flexibility index (Phi) is 6.47. The van der Waals surface area contributed by atoms with Crippen LogP contribution >= 0.6 is 12.4 Å². The Labute approximate surface area is 190 Å². The van der Waals surface area contributed by atoms with Crippen LogP contribution in [0.2, 0.25) is 0 Å². The molecule has 0 aliphatic carbocycles. The molecule has 1 N–H and O–H groups in total. The van der Waals surface area contributed by atoms with Crippen LogP contribution in [0.15, 0.2) is 22.6 Å². The van der Waals surface area contributed by atoms with Crippen molar-refractivity contribution in [3.8, 4) is 0 Å². The van der Waals surface area contributed by atoms with Gasteiger partial charge in [-0.1, -0.05) is 12.5 Å². The van der Waals surface area contributed by atoms with E-state index in [2.05, 4.69) is 41.0 Å². The molecule has 170 valence electrons. The molecule has 1 amide bonds. The number of hydrogen-bond acceptors (Lipinski definition) is 6. The van der Waals surface area contributed by atoms with Crippen LogP contribution in [0.1, 0.15) is 49.4 Å². The van der Waals surface area contributed by atoms with Crippen molar-refractivity contribution in [3.05, 3.63) is 23.8 Å². The Bertz CT molecular complexity index is 920. The molecule has 8 heteroatoms. The van der Waals surface area contributed by atoms with Crippen LogP contribution < -0.4 is 10.2 Å². The zero-order chi connectivity index (χ0) is 20.8. The Balaban J connectivity index is 0.00000231. The number of carbonyl (C=O) groups excluding carboxylic acids is 1. The van der Waals surface area contributed by atoms with Crippen molar-refractivity contribution in [3.63, 3.8) is 0 Å². The van der Waals surface area contributed by atoms with Crippen LogP contribution in [-0.2, 0) is 0 Å². The Morgan fingerprint density at radius 3 is 2.61 bits per heavy atom. The summed E-state index contributed by atoms with van der Waals surface area (Å²) in [6.45, 7) is 5.03. The standard InChI is InChI=1S/C23H33N5O2.ClH/c1-15-14-26(2)10-11-28(15)23-25-21-19(8-5-9-20(21)30-23)22(29)24-16-12-17-6-4-7-18(13-16)27(17)3;/h5,8-9,15-18H,4,6-7,10-14H2,1-3H3,(H,24,29);1H/t15-,16?,17?,18?;/m0./s1. The van der Waals surface area contributed by atoms with E-state index >= 15 is 0 Å². The summed E-state index contributed by atoms with van der Waals surface area (Å²) in [6, 6.07) is 8.04. The molecule has 3 fully saturated rings. The lowest BCUT2D eigenvalue weighted by atomic mass is 9.82. The van der Waals surface area contributed by atoms with Crippen LogP contribution in [-0.4, -0.2) is 78.6 Å². The third kappa shape index (κ3) is 4.28. The van der Waals surface area contributed by atoms with Crippen molar-refractivity contribution in [1.82, 2.24) is 20.1 Å². The summed E-state index contributed by atoms with van der Waals surface area (Å²) in [5.74, 6) is -0.0282. The third-order valence-electron chi connectivity index (χ3n) is 7.40. The predicted octanol–water partition coefficient (Wildman–Crippen LogP) is 3.14. The van der Waals surface area contributed by atoms with Gasteiger partial charge in [0.2, 0.25) is 0 Å². The molecule has 4 heterocycles. The molecule has 31 heavy (non-hydrogen) atoms. The second-order valence-electron chi connectivity index (χ2n) is 9.50. The molecular formula is C23H34ClN5O2. The summed E-state index contributed by atoms with van der Waals surface area (Å²) in [7, 11) is 4.38. The van der Waals surface area contributed by atoms with Crippen molar-refractivity contribution < 1.29 is 9.21 Å². The van der Waals surface area contributed by atoms with Crippen molar-refractivity contribution >= 4 is 35.4 Å².